The minimum Gasteiger partial charge on any atom is -0.465 e. The van der Waals surface area contributed by atoms with Gasteiger partial charge in [0.25, 0.3) is 5.91 Å². The first kappa shape index (κ1) is 28.6. The number of carbonyl (C=O) groups is 2. The zero-order chi connectivity index (χ0) is 27.9. The fourth-order valence-corrected chi connectivity index (χ4v) is 6.13. The van der Waals surface area contributed by atoms with Crippen LogP contribution in [-0.2, 0) is 20.8 Å². The molecule has 2 aromatic rings. The van der Waals surface area contributed by atoms with Crippen LogP contribution >= 0.6 is 0 Å². The van der Waals surface area contributed by atoms with Gasteiger partial charge in [0.15, 0.2) is 0 Å². The number of carbonyl (C=O) groups excluding carboxylic acids is 2. The van der Waals surface area contributed by atoms with E-state index in [1.54, 1.807) is 0 Å². The monoisotopic (exact) mass is 530 g/mol. The highest BCUT2D eigenvalue weighted by Gasteiger charge is 2.32. The van der Waals surface area contributed by atoms with Crippen molar-refractivity contribution >= 4 is 28.4 Å². The van der Waals surface area contributed by atoms with Crippen molar-refractivity contribution in [1.82, 2.24) is 9.47 Å². The van der Waals surface area contributed by atoms with Crippen LogP contribution in [0.15, 0.2) is 60.2 Å². The SMILES string of the molecule is C=C/C=C1\C(=C/C)C=C(C(=O)N2CCOCC2)Cn2c1c(C1CCCCC1)c1ccc(C(=O)OC)cc12.CC. The molecule has 1 saturated heterocycles. The zero-order valence-corrected chi connectivity index (χ0v) is 23.9. The largest absolute Gasteiger partial charge is 0.465 e. The van der Waals surface area contributed by atoms with Gasteiger partial charge in [0, 0.05) is 35.1 Å². The Kier molecular flexibility index (Phi) is 9.63. The van der Waals surface area contributed by atoms with E-state index in [4.69, 9.17) is 9.47 Å². The van der Waals surface area contributed by atoms with E-state index in [9.17, 15) is 9.59 Å². The number of morpholine rings is 1. The molecule has 0 N–H and O–H groups in total. The molecule has 0 atom stereocenters. The summed E-state index contributed by atoms with van der Waals surface area (Å²) < 4.78 is 12.8. The average Bonchev–Trinajstić information content (AvgIpc) is 3.22. The standard InChI is InChI=1S/C31H36N2O4.C2H6/c1-4-9-25-21(5-2)18-24(30(34)32-14-16-37-17-15-32)20-33-27-19-23(31(35)36-3)12-13-26(27)28(29(25)33)22-10-7-6-8-11-22;1-2/h4-5,9,12-13,18-19,22H,1,6-8,10-11,14-17,20H2,2-3H3;1-2H3/b21-5-,25-9+;. The highest BCUT2D eigenvalue weighted by molar-refractivity contribution is 6.02. The second kappa shape index (κ2) is 13.1. The maximum absolute atomic E-state index is 13.8. The highest BCUT2D eigenvalue weighted by atomic mass is 16.5. The third kappa shape index (κ3) is 5.67. The maximum Gasteiger partial charge on any atom is 0.337 e. The molecule has 1 saturated carbocycles. The summed E-state index contributed by atoms with van der Waals surface area (Å²) in [7, 11) is 1.41. The molecule has 208 valence electrons. The number of aromatic nitrogens is 1. The first-order chi connectivity index (χ1) is 19.1. The Balaban J connectivity index is 0.00000172. The zero-order valence-electron chi connectivity index (χ0n) is 23.9. The first-order valence-corrected chi connectivity index (χ1v) is 14.4. The lowest BCUT2D eigenvalue weighted by Crippen LogP contribution is -2.41. The van der Waals surface area contributed by atoms with Gasteiger partial charge >= 0.3 is 5.97 Å². The van der Waals surface area contributed by atoms with Gasteiger partial charge in [-0.15, -0.1) is 0 Å². The Bertz CT molecular complexity index is 1310. The van der Waals surface area contributed by atoms with Gasteiger partial charge in [0.05, 0.1) is 38.1 Å². The van der Waals surface area contributed by atoms with Crippen LogP contribution in [0, 0.1) is 0 Å². The van der Waals surface area contributed by atoms with E-state index in [0.29, 0.717) is 44.3 Å². The van der Waals surface area contributed by atoms with Crippen molar-refractivity contribution in [2.24, 2.45) is 0 Å². The molecule has 6 heteroatoms. The molecule has 1 amide bonds. The number of methoxy groups -OCH3 is 1. The summed E-state index contributed by atoms with van der Waals surface area (Å²) in [5, 5.41) is 1.15. The second-order valence-corrected chi connectivity index (χ2v) is 10.0. The van der Waals surface area contributed by atoms with Crippen LogP contribution < -0.4 is 0 Å². The fraction of sp³-hybridized carbons (Fsp3) is 0.455. The number of ether oxygens (including phenoxy) is 2. The number of nitrogens with zero attached hydrogens (tertiary/aromatic N) is 2. The molecule has 1 aromatic carbocycles. The number of benzene rings is 1. The van der Waals surface area contributed by atoms with Gasteiger partial charge in [0.1, 0.15) is 0 Å². The van der Waals surface area contributed by atoms with Crippen molar-refractivity contribution in [3.05, 3.63) is 77.0 Å². The Morgan fingerprint density at radius 2 is 1.82 bits per heavy atom. The number of amides is 1. The van der Waals surface area contributed by atoms with Gasteiger partial charge < -0.3 is 18.9 Å². The minimum absolute atomic E-state index is 0.0404. The molecule has 0 spiro atoms. The van der Waals surface area contributed by atoms with Crippen LogP contribution in [0.3, 0.4) is 0 Å². The summed E-state index contributed by atoms with van der Waals surface area (Å²) in [6, 6.07) is 5.87. The predicted molar refractivity (Wildman–Crippen MR) is 158 cm³/mol. The number of esters is 1. The normalized spacial score (nSPS) is 20.1. The lowest BCUT2D eigenvalue weighted by molar-refractivity contribution is -0.131. The van der Waals surface area contributed by atoms with Gasteiger partial charge in [0.2, 0.25) is 0 Å². The predicted octanol–water partition coefficient (Wildman–Crippen LogP) is 6.82. The summed E-state index contributed by atoms with van der Waals surface area (Å²) in [5.41, 5.74) is 6.76. The van der Waals surface area contributed by atoms with E-state index < -0.39 is 0 Å². The third-order valence-electron chi connectivity index (χ3n) is 7.93. The molecular formula is C33H42N2O4. The highest BCUT2D eigenvalue weighted by Crippen LogP contribution is 2.45. The van der Waals surface area contributed by atoms with Gasteiger partial charge in [-0.1, -0.05) is 64.0 Å². The summed E-state index contributed by atoms with van der Waals surface area (Å²) in [4.78, 5) is 28.1. The summed E-state index contributed by atoms with van der Waals surface area (Å²) in [5.74, 6) is 0.111. The van der Waals surface area contributed by atoms with E-state index in [1.165, 1.54) is 31.9 Å². The molecule has 1 aromatic heterocycles. The number of rotatable bonds is 4. The maximum atomic E-state index is 13.8. The van der Waals surface area contributed by atoms with Crippen molar-refractivity contribution in [1.29, 1.82) is 0 Å². The third-order valence-corrected chi connectivity index (χ3v) is 7.93. The second-order valence-electron chi connectivity index (χ2n) is 10.0. The van der Waals surface area contributed by atoms with Crippen LogP contribution in [0.5, 0.6) is 0 Å². The topological polar surface area (TPSA) is 60.8 Å². The smallest absolute Gasteiger partial charge is 0.337 e. The van der Waals surface area contributed by atoms with Crippen molar-refractivity contribution in [3.8, 4) is 0 Å². The van der Waals surface area contributed by atoms with Crippen molar-refractivity contribution < 1.29 is 19.1 Å². The van der Waals surface area contributed by atoms with E-state index in [0.717, 1.165) is 46.2 Å². The molecule has 0 bridgehead atoms. The average molecular weight is 531 g/mol. The molecule has 3 aliphatic rings. The van der Waals surface area contributed by atoms with E-state index in [1.807, 2.05) is 50.0 Å². The molecule has 0 radical (unpaired) electrons. The Labute approximate surface area is 232 Å². The number of hydrogen-bond acceptors (Lipinski definition) is 4. The number of allylic oxidation sites excluding steroid dienone is 6. The molecule has 5 rings (SSSR count). The molecule has 2 fully saturated rings. The molecule has 1 aliphatic carbocycles. The number of hydrogen-bond donors (Lipinski definition) is 0. The fourth-order valence-electron chi connectivity index (χ4n) is 6.13. The number of fused-ring (bicyclic) bond motifs is 3. The summed E-state index contributed by atoms with van der Waals surface area (Å²) >= 11 is 0. The van der Waals surface area contributed by atoms with Gasteiger partial charge in [-0.25, -0.2) is 4.79 Å². The molecular weight excluding hydrogens is 488 g/mol. The van der Waals surface area contributed by atoms with E-state index in [-0.39, 0.29) is 11.9 Å². The Hall–Kier alpha value is -3.38. The van der Waals surface area contributed by atoms with Crippen molar-refractivity contribution in [3.63, 3.8) is 0 Å². The van der Waals surface area contributed by atoms with Crippen molar-refractivity contribution in [2.75, 3.05) is 33.4 Å². The van der Waals surface area contributed by atoms with Crippen LogP contribution in [0.4, 0.5) is 0 Å². The lowest BCUT2D eigenvalue weighted by atomic mass is 9.81. The van der Waals surface area contributed by atoms with Crippen molar-refractivity contribution in [2.45, 2.75) is 65.3 Å². The molecule has 6 nitrogen and oxygen atoms in total. The molecule has 2 aliphatic heterocycles. The van der Waals surface area contributed by atoms with Crippen LogP contribution in [0.1, 0.15) is 80.4 Å². The minimum atomic E-state index is -0.360. The van der Waals surface area contributed by atoms with Gasteiger partial charge in [-0.3, -0.25) is 4.79 Å². The first-order valence-electron chi connectivity index (χ1n) is 14.4. The van der Waals surface area contributed by atoms with Gasteiger partial charge in [-0.2, -0.15) is 0 Å². The lowest BCUT2D eigenvalue weighted by Gasteiger charge is -2.28. The van der Waals surface area contributed by atoms with Crippen LogP contribution in [0.2, 0.25) is 0 Å². The summed E-state index contributed by atoms with van der Waals surface area (Å²) in [6.07, 6.45) is 14.0. The van der Waals surface area contributed by atoms with E-state index >= 15 is 0 Å². The quantitative estimate of drug-likeness (QED) is 0.407. The molecule has 0 unspecified atom stereocenters. The van der Waals surface area contributed by atoms with E-state index in [2.05, 4.69) is 29.4 Å². The molecule has 39 heavy (non-hydrogen) atoms. The van der Waals surface area contributed by atoms with Crippen LogP contribution in [0.25, 0.3) is 16.5 Å². The Morgan fingerprint density at radius 1 is 1.10 bits per heavy atom. The summed E-state index contributed by atoms with van der Waals surface area (Å²) in [6.45, 7) is 12.8. The Morgan fingerprint density at radius 3 is 2.46 bits per heavy atom. The molecule has 3 heterocycles. The van der Waals surface area contributed by atoms with Crippen LogP contribution in [-0.4, -0.2) is 54.8 Å². The van der Waals surface area contributed by atoms with Gasteiger partial charge in [-0.05, 0) is 55.0 Å².